The van der Waals surface area contributed by atoms with E-state index in [1.165, 1.54) is 6.42 Å². The van der Waals surface area contributed by atoms with Crippen molar-refractivity contribution >= 4 is 11.6 Å². The topological polar surface area (TPSA) is 39.1 Å². The van der Waals surface area contributed by atoms with E-state index in [0.717, 1.165) is 30.4 Å². The van der Waals surface area contributed by atoms with Crippen molar-refractivity contribution in [3.8, 4) is 5.75 Å². The van der Waals surface area contributed by atoms with Crippen molar-refractivity contribution in [2.75, 3.05) is 5.32 Å². The first-order valence-corrected chi connectivity index (χ1v) is 7.24. The Morgan fingerprint density at radius 1 is 1.25 bits per heavy atom. The Bertz CT molecular complexity index is 517. The lowest BCUT2D eigenvalue weighted by Crippen LogP contribution is -2.06. The number of anilines is 2. The number of unbranched alkanes of at least 4 members (excludes halogenated alkanes) is 1. The molecule has 0 aliphatic carbocycles. The molecule has 4 nitrogen and oxygen atoms in total. The molecular formula is C16H23N3O. The van der Waals surface area contributed by atoms with Crippen LogP contribution >= 0.6 is 0 Å². The summed E-state index contributed by atoms with van der Waals surface area (Å²) in [7, 11) is 0. The Morgan fingerprint density at radius 2 is 2.00 bits per heavy atom. The first-order valence-electron chi connectivity index (χ1n) is 7.24. The van der Waals surface area contributed by atoms with Gasteiger partial charge in [-0.25, -0.2) is 4.98 Å². The van der Waals surface area contributed by atoms with Crippen LogP contribution in [0.3, 0.4) is 0 Å². The molecule has 0 unspecified atom stereocenters. The third-order valence-electron chi connectivity index (χ3n) is 2.95. The van der Waals surface area contributed by atoms with Gasteiger partial charge in [0.1, 0.15) is 5.75 Å². The van der Waals surface area contributed by atoms with E-state index in [4.69, 9.17) is 4.74 Å². The highest BCUT2D eigenvalue weighted by Gasteiger charge is 2.03. The monoisotopic (exact) mass is 273 g/mol. The van der Waals surface area contributed by atoms with Gasteiger partial charge >= 0.3 is 0 Å². The van der Waals surface area contributed by atoms with E-state index in [1.54, 1.807) is 0 Å². The van der Waals surface area contributed by atoms with Gasteiger partial charge < -0.3 is 14.6 Å². The Kier molecular flexibility index (Phi) is 5.04. The number of aromatic nitrogens is 2. The average Bonchev–Trinajstić information content (AvgIpc) is 2.85. The Balaban J connectivity index is 2.01. The van der Waals surface area contributed by atoms with Gasteiger partial charge in [0.25, 0.3) is 0 Å². The van der Waals surface area contributed by atoms with E-state index in [2.05, 4.69) is 21.8 Å². The van der Waals surface area contributed by atoms with Gasteiger partial charge in [-0.05, 0) is 44.5 Å². The summed E-state index contributed by atoms with van der Waals surface area (Å²) in [6, 6.07) is 7.97. The summed E-state index contributed by atoms with van der Waals surface area (Å²) in [5.74, 6) is 1.77. The summed E-state index contributed by atoms with van der Waals surface area (Å²) < 4.78 is 7.77. The van der Waals surface area contributed by atoms with E-state index < -0.39 is 0 Å². The second kappa shape index (κ2) is 6.98. The maximum Gasteiger partial charge on any atom is 0.207 e. The third-order valence-corrected chi connectivity index (χ3v) is 2.95. The Morgan fingerprint density at radius 3 is 2.65 bits per heavy atom. The van der Waals surface area contributed by atoms with E-state index in [0.29, 0.717) is 0 Å². The van der Waals surface area contributed by atoms with Crippen LogP contribution in [0.15, 0.2) is 36.7 Å². The number of nitrogens with zero attached hydrogens (tertiary/aromatic N) is 2. The molecule has 1 aromatic heterocycles. The highest BCUT2D eigenvalue weighted by atomic mass is 16.5. The normalized spacial score (nSPS) is 10.8. The summed E-state index contributed by atoms with van der Waals surface area (Å²) in [5.41, 5.74) is 1.02. The van der Waals surface area contributed by atoms with Crippen molar-refractivity contribution in [1.29, 1.82) is 0 Å². The van der Waals surface area contributed by atoms with Crippen molar-refractivity contribution < 1.29 is 4.74 Å². The summed E-state index contributed by atoms with van der Waals surface area (Å²) in [6.45, 7) is 7.23. The highest BCUT2D eigenvalue weighted by molar-refractivity contribution is 5.54. The van der Waals surface area contributed by atoms with E-state index in [1.807, 2.05) is 50.5 Å². The SMILES string of the molecule is CCCCn1ccnc1Nc1ccc(OC(C)C)cc1. The Labute approximate surface area is 120 Å². The quantitative estimate of drug-likeness (QED) is 0.821. The maximum atomic E-state index is 5.63. The van der Waals surface area contributed by atoms with Crippen LogP contribution in [0.5, 0.6) is 5.75 Å². The molecule has 0 saturated carbocycles. The summed E-state index contributed by atoms with van der Waals surface area (Å²) in [4.78, 5) is 4.36. The maximum absolute atomic E-state index is 5.63. The fourth-order valence-electron chi connectivity index (χ4n) is 1.96. The molecule has 1 heterocycles. The lowest BCUT2D eigenvalue weighted by Gasteiger charge is -2.12. The van der Waals surface area contributed by atoms with Gasteiger partial charge in [-0.1, -0.05) is 13.3 Å². The van der Waals surface area contributed by atoms with Crippen molar-refractivity contribution in [3.63, 3.8) is 0 Å². The van der Waals surface area contributed by atoms with Crippen molar-refractivity contribution in [2.24, 2.45) is 0 Å². The molecular weight excluding hydrogens is 250 g/mol. The summed E-state index contributed by atoms with van der Waals surface area (Å²) >= 11 is 0. The molecule has 4 heteroatoms. The molecule has 2 rings (SSSR count). The molecule has 0 saturated heterocycles. The molecule has 0 bridgehead atoms. The fourth-order valence-corrected chi connectivity index (χ4v) is 1.96. The molecule has 0 aliphatic heterocycles. The highest BCUT2D eigenvalue weighted by Crippen LogP contribution is 2.20. The number of hydrogen-bond donors (Lipinski definition) is 1. The predicted molar refractivity (Wildman–Crippen MR) is 82.6 cm³/mol. The van der Waals surface area contributed by atoms with Gasteiger partial charge in [0.2, 0.25) is 5.95 Å². The zero-order valence-electron chi connectivity index (χ0n) is 12.5. The summed E-state index contributed by atoms with van der Waals surface area (Å²) in [6.07, 6.45) is 6.37. The van der Waals surface area contributed by atoms with Gasteiger partial charge in [-0.2, -0.15) is 0 Å². The fraction of sp³-hybridized carbons (Fsp3) is 0.438. The molecule has 0 atom stereocenters. The van der Waals surface area contributed by atoms with Crippen LogP contribution < -0.4 is 10.1 Å². The minimum absolute atomic E-state index is 0.196. The number of hydrogen-bond acceptors (Lipinski definition) is 3. The minimum Gasteiger partial charge on any atom is -0.491 e. The lowest BCUT2D eigenvalue weighted by molar-refractivity contribution is 0.242. The van der Waals surface area contributed by atoms with Gasteiger partial charge in [-0.15, -0.1) is 0 Å². The first kappa shape index (κ1) is 14.4. The molecule has 1 N–H and O–H groups in total. The van der Waals surface area contributed by atoms with Crippen LogP contribution in [0.25, 0.3) is 0 Å². The smallest absolute Gasteiger partial charge is 0.207 e. The van der Waals surface area contributed by atoms with Crippen LogP contribution in [0.4, 0.5) is 11.6 Å². The molecule has 0 radical (unpaired) electrons. The lowest BCUT2D eigenvalue weighted by atomic mass is 10.3. The second-order valence-electron chi connectivity index (χ2n) is 5.11. The van der Waals surface area contributed by atoms with Gasteiger partial charge in [0.15, 0.2) is 0 Å². The van der Waals surface area contributed by atoms with Crippen LogP contribution in [0.1, 0.15) is 33.6 Å². The van der Waals surface area contributed by atoms with Gasteiger partial charge in [-0.3, -0.25) is 0 Å². The number of nitrogens with one attached hydrogen (secondary N) is 1. The molecule has 0 spiro atoms. The van der Waals surface area contributed by atoms with Crippen LogP contribution in [-0.2, 0) is 6.54 Å². The van der Waals surface area contributed by atoms with E-state index in [9.17, 15) is 0 Å². The zero-order valence-corrected chi connectivity index (χ0v) is 12.5. The molecule has 0 aliphatic rings. The standard InChI is InChI=1S/C16H23N3O/c1-4-5-11-19-12-10-17-16(19)18-14-6-8-15(9-7-14)20-13(2)3/h6-10,12-13H,4-5,11H2,1-3H3,(H,17,18). The van der Waals surface area contributed by atoms with Crippen LogP contribution in [0.2, 0.25) is 0 Å². The summed E-state index contributed by atoms with van der Waals surface area (Å²) in [5, 5.41) is 3.34. The number of ether oxygens (including phenoxy) is 1. The van der Waals surface area contributed by atoms with Crippen LogP contribution in [-0.4, -0.2) is 15.7 Å². The molecule has 1 aromatic carbocycles. The first-order chi connectivity index (χ1) is 9.69. The van der Waals surface area contributed by atoms with Crippen LogP contribution in [0, 0.1) is 0 Å². The van der Waals surface area contributed by atoms with Gasteiger partial charge in [0.05, 0.1) is 6.10 Å². The number of benzene rings is 1. The van der Waals surface area contributed by atoms with Gasteiger partial charge in [0, 0.05) is 24.6 Å². The van der Waals surface area contributed by atoms with Crippen molar-refractivity contribution in [3.05, 3.63) is 36.7 Å². The number of aryl methyl sites for hydroxylation is 1. The molecule has 0 fully saturated rings. The zero-order chi connectivity index (χ0) is 14.4. The van der Waals surface area contributed by atoms with Crippen molar-refractivity contribution in [1.82, 2.24) is 9.55 Å². The largest absolute Gasteiger partial charge is 0.491 e. The van der Waals surface area contributed by atoms with E-state index in [-0.39, 0.29) is 6.10 Å². The van der Waals surface area contributed by atoms with E-state index >= 15 is 0 Å². The minimum atomic E-state index is 0.196. The number of rotatable bonds is 7. The molecule has 0 amide bonds. The molecule has 108 valence electrons. The molecule has 20 heavy (non-hydrogen) atoms. The second-order valence-corrected chi connectivity index (χ2v) is 5.11. The van der Waals surface area contributed by atoms with Crippen molar-refractivity contribution in [2.45, 2.75) is 46.3 Å². The predicted octanol–water partition coefficient (Wildman–Crippen LogP) is 4.21. The Hall–Kier alpha value is -1.97. The number of imidazole rings is 1. The third kappa shape index (κ3) is 4.02. The average molecular weight is 273 g/mol. The molecule has 2 aromatic rings.